The molecule has 0 spiro atoms. The number of pyridine rings is 1. The van der Waals surface area contributed by atoms with Crippen molar-refractivity contribution >= 4 is 11.9 Å². The van der Waals surface area contributed by atoms with Crippen LogP contribution in [-0.4, -0.2) is 47.0 Å². The Kier molecular flexibility index (Phi) is 4.68. The van der Waals surface area contributed by atoms with Gasteiger partial charge in [0.2, 0.25) is 5.91 Å². The number of hydrogen-bond acceptors (Lipinski definition) is 4. The van der Waals surface area contributed by atoms with E-state index in [0.29, 0.717) is 6.54 Å². The SMILES string of the molecule is CNC(=O)C1CCCN(Cc2ccc(C(=O)O)cn2)C1. The molecule has 20 heavy (non-hydrogen) atoms. The standard InChI is InChI=1S/C14H19N3O3/c1-15-13(18)11-3-2-6-17(8-11)9-12-5-4-10(7-16-12)14(19)20/h4-5,7,11H,2-3,6,8-9H2,1H3,(H,15,18)(H,19,20). The average Bonchev–Trinajstić information content (AvgIpc) is 2.47. The van der Waals surface area contributed by atoms with Crippen LogP contribution in [-0.2, 0) is 11.3 Å². The lowest BCUT2D eigenvalue weighted by Gasteiger charge is -2.31. The highest BCUT2D eigenvalue weighted by Crippen LogP contribution is 2.18. The van der Waals surface area contributed by atoms with Crippen LogP contribution in [0.5, 0.6) is 0 Å². The predicted octanol–water partition coefficient (Wildman–Crippen LogP) is 0.738. The van der Waals surface area contributed by atoms with E-state index >= 15 is 0 Å². The summed E-state index contributed by atoms with van der Waals surface area (Å²) in [6, 6.07) is 3.29. The molecular weight excluding hydrogens is 258 g/mol. The maximum Gasteiger partial charge on any atom is 0.337 e. The lowest BCUT2D eigenvalue weighted by molar-refractivity contribution is -0.126. The Morgan fingerprint density at radius 3 is 2.90 bits per heavy atom. The Hall–Kier alpha value is -1.95. The lowest BCUT2D eigenvalue weighted by atomic mass is 9.97. The van der Waals surface area contributed by atoms with Crippen molar-refractivity contribution in [2.75, 3.05) is 20.1 Å². The largest absolute Gasteiger partial charge is 0.478 e. The third-order valence-corrected chi connectivity index (χ3v) is 3.58. The second-order valence-electron chi connectivity index (χ2n) is 5.03. The molecule has 1 saturated heterocycles. The molecule has 0 radical (unpaired) electrons. The molecule has 6 heteroatoms. The number of piperidine rings is 1. The molecule has 0 saturated carbocycles. The molecule has 0 aliphatic carbocycles. The monoisotopic (exact) mass is 277 g/mol. The topological polar surface area (TPSA) is 82.5 Å². The molecule has 0 bridgehead atoms. The van der Waals surface area contributed by atoms with Gasteiger partial charge >= 0.3 is 5.97 Å². The Balaban J connectivity index is 1.95. The maximum absolute atomic E-state index is 11.7. The van der Waals surface area contributed by atoms with Crippen LogP contribution in [0.3, 0.4) is 0 Å². The molecule has 6 nitrogen and oxygen atoms in total. The van der Waals surface area contributed by atoms with Gasteiger partial charge in [0.05, 0.1) is 17.2 Å². The highest BCUT2D eigenvalue weighted by atomic mass is 16.4. The van der Waals surface area contributed by atoms with Crippen LogP contribution in [0.4, 0.5) is 0 Å². The molecule has 2 N–H and O–H groups in total. The van der Waals surface area contributed by atoms with Crippen LogP contribution < -0.4 is 5.32 Å². The van der Waals surface area contributed by atoms with Crippen LogP contribution in [0.25, 0.3) is 0 Å². The zero-order valence-corrected chi connectivity index (χ0v) is 11.5. The van der Waals surface area contributed by atoms with Gasteiger partial charge < -0.3 is 10.4 Å². The molecular formula is C14H19N3O3. The van der Waals surface area contributed by atoms with Crippen molar-refractivity contribution in [2.24, 2.45) is 5.92 Å². The number of carbonyl (C=O) groups excluding carboxylic acids is 1. The van der Waals surface area contributed by atoms with Crippen LogP contribution >= 0.6 is 0 Å². The zero-order valence-electron chi connectivity index (χ0n) is 11.5. The number of aromatic carboxylic acids is 1. The minimum atomic E-state index is -0.971. The van der Waals surface area contributed by atoms with Gasteiger partial charge in [0, 0.05) is 26.3 Å². The van der Waals surface area contributed by atoms with E-state index in [0.717, 1.165) is 31.6 Å². The number of nitrogens with zero attached hydrogens (tertiary/aromatic N) is 2. The number of likely N-dealkylation sites (tertiary alicyclic amines) is 1. The maximum atomic E-state index is 11.7. The normalized spacial score (nSPS) is 19.6. The summed E-state index contributed by atoms with van der Waals surface area (Å²) in [5.41, 5.74) is 1.02. The summed E-state index contributed by atoms with van der Waals surface area (Å²) in [4.78, 5) is 28.8. The van der Waals surface area contributed by atoms with Gasteiger partial charge in [-0.05, 0) is 31.5 Å². The third-order valence-electron chi connectivity index (χ3n) is 3.58. The van der Waals surface area contributed by atoms with Gasteiger partial charge in [0.1, 0.15) is 0 Å². The van der Waals surface area contributed by atoms with Crippen molar-refractivity contribution < 1.29 is 14.7 Å². The van der Waals surface area contributed by atoms with Crippen LogP contribution in [0.15, 0.2) is 18.3 Å². The summed E-state index contributed by atoms with van der Waals surface area (Å²) < 4.78 is 0. The van der Waals surface area contributed by atoms with Crippen molar-refractivity contribution in [2.45, 2.75) is 19.4 Å². The van der Waals surface area contributed by atoms with Gasteiger partial charge in [-0.1, -0.05) is 0 Å². The fourth-order valence-electron chi connectivity index (χ4n) is 2.49. The van der Waals surface area contributed by atoms with Crippen molar-refractivity contribution in [3.8, 4) is 0 Å². The average molecular weight is 277 g/mol. The Bertz CT molecular complexity index is 487. The number of nitrogens with one attached hydrogen (secondary N) is 1. The molecule has 0 aromatic carbocycles. The van der Waals surface area contributed by atoms with Crippen molar-refractivity contribution in [1.29, 1.82) is 0 Å². The molecule has 1 atom stereocenters. The molecule has 2 heterocycles. The molecule has 1 aliphatic heterocycles. The Morgan fingerprint density at radius 1 is 1.50 bits per heavy atom. The van der Waals surface area contributed by atoms with Gasteiger partial charge in [0.25, 0.3) is 0 Å². The predicted molar refractivity (Wildman–Crippen MR) is 73.3 cm³/mol. The zero-order chi connectivity index (χ0) is 14.5. The highest BCUT2D eigenvalue weighted by molar-refractivity contribution is 5.87. The number of amides is 1. The van der Waals surface area contributed by atoms with Crippen LogP contribution in [0.1, 0.15) is 28.9 Å². The van der Waals surface area contributed by atoms with E-state index in [1.807, 2.05) is 0 Å². The second kappa shape index (κ2) is 6.47. The number of carboxylic acid groups (broad SMARTS) is 1. The first kappa shape index (κ1) is 14.5. The van der Waals surface area contributed by atoms with Gasteiger partial charge in [0.15, 0.2) is 0 Å². The van der Waals surface area contributed by atoms with Gasteiger partial charge in [-0.15, -0.1) is 0 Å². The second-order valence-corrected chi connectivity index (χ2v) is 5.03. The fourth-order valence-corrected chi connectivity index (χ4v) is 2.49. The minimum Gasteiger partial charge on any atom is -0.478 e. The Labute approximate surface area is 117 Å². The first-order valence-electron chi connectivity index (χ1n) is 6.72. The summed E-state index contributed by atoms with van der Waals surface area (Å²) in [7, 11) is 1.66. The number of carbonyl (C=O) groups is 2. The van der Waals surface area contributed by atoms with E-state index in [4.69, 9.17) is 5.11 Å². The third kappa shape index (κ3) is 3.54. The molecule has 1 aliphatic rings. The van der Waals surface area contributed by atoms with Gasteiger partial charge in [-0.25, -0.2) is 4.79 Å². The van der Waals surface area contributed by atoms with Crippen LogP contribution in [0, 0.1) is 5.92 Å². The van der Waals surface area contributed by atoms with Crippen LogP contribution in [0.2, 0.25) is 0 Å². The Morgan fingerprint density at radius 2 is 2.30 bits per heavy atom. The molecule has 1 fully saturated rings. The number of carboxylic acids is 1. The smallest absolute Gasteiger partial charge is 0.337 e. The minimum absolute atomic E-state index is 0.0343. The summed E-state index contributed by atoms with van der Waals surface area (Å²) in [6.07, 6.45) is 3.28. The quantitative estimate of drug-likeness (QED) is 0.848. The fraction of sp³-hybridized carbons (Fsp3) is 0.500. The number of aromatic nitrogens is 1. The van der Waals surface area contributed by atoms with E-state index in [-0.39, 0.29) is 17.4 Å². The summed E-state index contributed by atoms with van der Waals surface area (Å²) in [6.45, 7) is 2.31. The highest BCUT2D eigenvalue weighted by Gasteiger charge is 2.25. The molecule has 1 unspecified atom stereocenters. The number of rotatable bonds is 4. The van der Waals surface area contributed by atoms with Crippen molar-refractivity contribution in [3.05, 3.63) is 29.6 Å². The lowest BCUT2D eigenvalue weighted by Crippen LogP contribution is -2.41. The van der Waals surface area contributed by atoms with E-state index in [2.05, 4.69) is 15.2 Å². The molecule has 1 aromatic rings. The first-order chi connectivity index (χ1) is 9.60. The summed E-state index contributed by atoms with van der Waals surface area (Å²) >= 11 is 0. The van der Waals surface area contributed by atoms with Gasteiger partial charge in [-0.3, -0.25) is 14.7 Å². The molecule has 2 rings (SSSR count). The van der Waals surface area contributed by atoms with E-state index in [1.165, 1.54) is 6.20 Å². The number of hydrogen-bond donors (Lipinski definition) is 2. The molecule has 1 aromatic heterocycles. The van der Waals surface area contributed by atoms with E-state index in [1.54, 1.807) is 19.2 Å². The van der Waals surface area contributed by atoms with Gasteiger partial charge in [-0.2, -0.15) is 0 Å². The van der Waals surface area contributed by atoms with Crippen molar-refractivity contribution in [3.63, 3.8) is 0 Å². The summed E-state index contributed by atoms with van der Waals surface area (Å²) in [5, 5.41) is 11.5. The molecule has 1 amide bonds. The molecule has 108 valence electrons. The first-order valence-corrected chi connectivity index (χ1v) is 6.72. The van der Waals surface area contributed by atoms with Crippen molar-refractivity contribution in [1.82, 2.24) is 15.2 Å². The van der Waals surface area contributed by atoms with E-state index in [9.17, 15) is 9.59 Å². The van der Waals surface area contributed by atoms with E-state index < -0.39 is 5.97 Å². The summed E-state index contributed by atoms with van der Waals surface area (Å²) in [5.74, 6) is -0.849.